The zero-order valence-electron chi connectivity index (χ0n) is 12.7. The molecule has 2 aromatic carbocycles. The number of hydrogen-bond donors (Lipinski definition) is 1. The Hall–Kier alpha value is -2.84. The van der Waals surface area contributed by atoms with Crippen LogP contribution in [0, 0.1) is 11.8 Å². The summed E-state index contributed by atoms with van der Waals surface area (Å²) in [7, 11) is 0. The number of amides is 1. The van der Waals surface area contributed by atoms with Gasteiger partial charge in [-0.15, -0.1) is 0 Å². The normalized spacial score (nSPS) is 11.4. The van der Waals surface area contributed by atoms with Gasteiger partial charge in [-0.1, -0.05) is 35.6 Å². The van der Waals surface area contributed by atoms with Crippen LogP contribution in [-0.4, -0.2) is 25.9 Å². The van der Waals surface area contributed by atoms with E-state index in [1.54, 1.807) is 42.5 Å². The highest BCUT2D eigenvalue weighted by Crippen LogP contribution is 2.34. The Morgan fingerprint density at radius 3 is 2.88 bits per heavy atom. The Labute approximate surface area is 144 Å². The fraction of sp³-hybridized carbons (Fsp3) is 0.167. The molecular formula is C18H14ClNO4. The number of rotatable bonds is 4. The lowest BCUT2D eigenvalue weighted by Gasteiger charge is -2.03. The third kappa shape index (κ3) is 3.92. The predicted molar refractivity (Wildman–Crippen MR) is 89.6 cm³/mol. The van der Waals surface area contributed by atoms with Gasteiger partial charge in [-0.25, -0.2) is 0 Å². The van der Waals surface area contributed by atoms with Gasteiger partial charge >= 0.3 is 0 Å². The molecule has 1 N–H and O–H groups in total. The second-order valence-electron chi connectivity index (χ2n) is 4.82. The summed E-state index contributed by atoms with van der Waals surface area (Å²) in [6, 6.07) is 12.2. The van der Waals surface area contributed by atoms with Crippen LogP contribution in [0.4, 0.5) is 0 Å². The van der Waals surface area contributed by atoms with Crippen molar-refractivity contribution in [2.45, 2.75) is 0 Å². The molecule has 5 nitrogen and oxygen atoms in total. The fourth-order valence-corrected chi connectivity index (χ4v) is 2.29. The number of carbonyl (C=O) groups excluding carboxylic acids is 1. The van der Waals surface area contributed by atoms with E-state index in [-0.39, 0.29) is 25.9 Å². The number of hydrogen-bond acceptors (Lipinski definition) is 4. The molecule has 3 rings (SSSR count). The average molecular weight is 344 g/mol. The SMILES string of the molecule is O=C(NCC#CCOc1ccc2c(c1)OCO2)c1ccccc1Cl. The van der Waals surface area contributed by atoms with E-state index >= 15 is 0 Å². The Morgan fingerprint density at radius 1 is 1.17 bits per heavy atom. The second-order valence-corrected chi connectivity index (χ2v) is 5.23. The number of ether oxygens (including phenoxy) is 3. The largest absolute Gasteiger partial charge is 0.481 e. The molecule has 0 unspecified atom stereocenters. The van der Waals surface area contributed by atoms with Crippen molar-refractivity contribution in [1.82, 2.24) is 5.32 Å². The number of benzene rings is 2. The topological polar surface area (TPSA) is 56.8 Å². The highest BCUT2D eigenvalue weighted by molar-refractivity contribution is 6.33. The summed E-state index contributed by atoms with van der Waals surface area (Å²) in [4.78, 5) is 11.9. The van der Waals surface area contributed by atoms with E-state index in [1.807, 2.05) is 0 Å². The molecule has 0 aromatic heterocycles. The molecule has 1 amide bonds. The summed E-state index contributed by atoms with van der Waals surface area (Å²) in [5.74, 6) is 7.41. The van der Waals surface area contributed by atoms with Crippen molar-refractivity contribution in [3.63, 3.8) is 0 Å². The van der Waals surface area contributed by atoms with Gasteiger partial charge in [0, 0.05) is 6.07 Å². The van der Waals surface area contributed by atoms with Gasteiger partial charge in [0.05, 0.1) is 17.1 Å². The van der Waals surface area contributed by atoms with Gasteiger partial charge in [-0.3, -0.25) is 4.79 Å². The molecule has 1 heterocycles. The van der Waals surface area contributed by atoms with E-state index in [4.69, 9.17) is 25.8 Å². The maximum Gasteiger partial charge on any atom is 0.253 e. The van der Waals surface area contributed by atoms with Crippen molar-refractivity contribution < 1.29 is 19.0 Å². The van der Waals surface area contributed by atoms with E-state index < -0.39 is 0 Å². The molecule has 0 spiro atoms. The van der Waals surface area contributed by atoms with Crippen molar-refractivity contribution in [1.29, 1.82) is 0 Å². The Bertz CT molecular complexity index is 810. The van der Waals surface area contributed by atoms with Crippen molar-refractivity contribution in [2.24, 2.45) is 0 Å². The van der Waals surface area contributed by atoms with Crippen molar-refractivity contribution in [2.75, 3.05) is 19.9 Å². The van der Waals surface area contributed by atoms with Gasteiger partial charge in [0.2, 0.25) is 6.79 Å². The Balaban J connectivity index is 1.44. The van der Waals surface area contributed by atoms with Gasteiger partial charge in [0.25, 0.3) is 5.91 Å². The molecule has 0 saturated carbocycles. The zero-order chi connectivity index (χ0) is 16.8. The highest BCUT2D eigenvalue weighted by Gasteiger charge is 2.13. The summed E-state index contributed by atoms with van der Waals surface area (Å²) in [6.07, 6.45) is 0. The van der Waals surface area contributed by atoms with Gasteiger partial charge in [-0.05, 0) is 24.3 Å². The first kappa shape index (κ1) is 16.0. The lowest BCUT2D eigenvalue weighted by atomic mass is 10.2. The third-order valence-electron chi connectivity index (χ3n) is 3.24. The molecule has 0 saturated heterocycles. The average Bonchev–Trinajstić information content (AvgIpc) is 3.06. The van der Waals surface area contributed by atoms with Crippen LogP contribution >= 0.6 is 11.6 Å². The summed E-state index contributed by atoms with van der Waals surface area (Å²) < 4.78 is 16.0. The molecule has 122 valence electrons. The van der Waals surface area contributed by atoms with Crippen LogP contribution in [0.15, 0.2) is 42.5 Å². The summed E-state index contributed by atoms with van der Waals surface area (Å²) in [5, 5.41) is 3.09. The number of halogens is 1. The third-order valence-corrected chi connectivity index (χ3v) is 3.57. The lowest BCUT2D eigenvalue weighted by molar-refractivity contribution is 0.0959. The molecule has 24 heavy (non-hydrogen) atoms. The smallest absolute Gasteiger partial charge is 0.253 e. The summed E-state index contributed by atoms with van der Waals surface area (Å²) in [5.41, 5.74) is 0.428. The van der Waals surface area contributed by atoms with Crippen molar-refractivity contribution in [3.05, 3.63) is 53.1 Å². The van der Waals surface area contributed by atoms with Crippen molar-refractivity contribution >= 4 is 17.5 Å². The predicted octanol–water partition coefficient (Wildman–Crippen LogP) is 2.88. The van der Waals surface area contributed by atoms with E-state index in [9.17, 15) is 4.79 Å². The Morgan fingerprint density at radius 2 is 2.00 bits per heavy atom. The molecule has 0 atom stereocenters. The fourth-order valence-electron chi connectivity index (χ4n) is 2.06. The second kappa shape index (κ2) is 7.62. The first-order valence-corrected chi connectivity index (χ1v) is 7.63. The van der Waals surface area contributed by atoms with Gasteiger partial charge in [0.15, 0.2) is 11.5 Å². The van der Waals surface area contributed by atoms with E-state index in [2.05, 4.69) is 17.2 Å². The molecular weight excluding hydrogens is 330 g/mol. The van der Waals surface area contributed by atoms with Crippen LogP contribution in [0.25, 0.3) is 0 Å². The zero-order valence-corrected chi connectivity index (χ0v) is 13.4. The first-order valence-electron chi connectivity index (χ1n) is 7.25. The molecule has 0 aliphatic carbocycles. The van der Waals surface area contributed by atoms with Gasteiger partial charge in [0.1, 0.15) is 12.4 Å². The molecule has 6 heteroatoms. The standard InChI is InChI=1S/C18H14ClNO4/c19-15-6-2-1-5-14(15)18(21)20-9-3-4-10-22-13-7-8-16-17(11-13)24-12-23-16/h1-2,5-8,11H,9-10,12H2,(H,20,21). The maximum atomic E-state index is 11.9. The highest BCUT2D eigenvalue weighted by atomic mass is 35.5. The maximum absolute atomic E-state index is 11.9. The molecule has 0 bridgehead atoms. The molecule has 0 radical (unpaired) electrons. The van der Waals surface area contributed by atoms with Crippen molar-refractivity contribution in [3.8, 4) is 29.1 Å². The number of nitrogens with one attached hydrogen (secondary N) is 1. The quantitative estimate of drug-likeness (QED) is 0.867. The molecule has 1 aliphatic heterocycles. The van der Waals surface area contributed by atoms with Gasteiger partial charge < -0.3 is 19.5 Å². The van der Waals surface area contributed by atoms with Gasteiger partial charge in [-0.2, -0.15) is 0 Å². The van der Waals surface area contributed by atoms with Crippen LogP contribution in [0.2, 0.25) is 5.02 Å². The minimum absolute atomic E-state index is 0.210. The van der Waals surface area contributed by atoms with Crippen LogP contribution in [0.1, 0.15) is 10.4 Å². The molecule has 0 fully saturated rings. The van der Waals surface area contributed by atoms with Crippen LogP contribution in [0.5, 0.6) is 17.2 Å². The van der Waals surface area contributed by atoms with E-state index in [0.717, 1.165) is 0 Å². The van der Waals surface area contributed by atoms with Crippen LogP contribution in [-0.2, 0) is 0 Å². The summed E-state index contributed by atoms with van der Waals surface area (Å²) in [6.45, 7) is 0.653. The van der Waals surface area contributed by atoms with Crippen LogP contribution < -0.4 is 19.5 Å². The molecule has 1 aliphatic rings. The molecule has 2 aromatic rings. The van der Waals surface area contributed by atoms with E-state index in [0.29, 0.717) is 27.8 Å². The number of carbonyl (C=O) groups is 1. The monoisotopic (exact) mass is 343 g/mol. The summed E-state index contributed by atoms with van der Waals surface area (Å²) >= 11 is 5.95. The first-order chi connectivity index (χ1) is 11.7. The minimum atomic E-state index is -0.258. The minimum Gasteiger partial charge on any atom is -0.481 e. The van der Waals surface area contributed by atoms with Crippen LogP contribution in [0.3, 0.4) is 0 Å². The number of fused-ring (bicyclic) bond motifs is 1. The lowest BCUT2D eigenvalue weighted by Crippen LogP contribution is -2.23. The van der Waals surface area contributed by atoms with E-state index in [1.165, 1.54) is 0 Å². The Kier molecular flexibility index (Phi) is 5.09.